The van der Waals surface area contributed by atoms with E-state index in [1.807, 2.05) is 44.2 Å². The number of hydrogen-bond acceptors (Lipinski definition) is 4. The van der Waals surface area contributed by atoms with Crippen LogP contribution in [-0.2, 0) is 0 Å². The third-order valence-electron chi connectivity index (χ3n) is 2.75. The van der Waals surface area contributed by atoms with E-state index in [0.717, 1.165) is 22.6 Å². The van der Waals surface area contributed by atoms with Gasteiger partial charge in [0.1, 0.15) is 11.5 Å². The average molecular weight is 246 g/mol. The summed E-state index contributed by atoms with van der Waals surface area (Å²) < 4.78 is 10.8. The second kappa shape index (κ2) is 5.71. The van der Waals surface area contributed by atoms with Crippen molar-refractivity contribution in [3.8, 4) is 5.75 Å². The highest BCUT2D eigenvalue weighted by atomic mass is 16.5. The minimum Gasteiger partial charge on any atom is -0.494 e. The van der Waals surface area contributed by atoms with Gasteiger partial charge in [-0.1, -0.05) is 12.1 Å². The number of furan rings is 1. The minimum absolute atomic E-state index is 0.0946. The number of benzene rings is 1. The Morgan fingerprint density at radius 3 is 2.78 bits per heavy atom. The van der Waals surface area contributed by atoms with Crippen LogP contribution in [0.15, 0.2) is 41.0 Å². The molecule has 18 heavy (non-hydrogen) atoms. The fourth-order valence-electron chi connectivity index (χ4n) is 1.95. The zero-order valence-electron chi connectivity index (χ0n) is 10.6. The molecule has 0 radical (unpaired) electrons. The number of aryl methyl sites for hydroxylation is 1. The highest BCUT2D eigenvalue weighted by Crippen LogP contribution is 2.25. The first kappa shape index (κ1) is 12.7. The molecule has 0 spiro atoms. The van der Waals surface area contributed by atoms with Crippen molar-refractivity contribution in [1.82, 2.24) is 5.43 Å². The highest BCUT2D eigenvalue weighted by Gasteiger charge is 2.15. The van der Waals surface area contributed by atoms with Gasteiger partial charge in [0.25, 0.3) is 0 Å². The monoisotopic (exact) mass is 246 g/mol. The van der Waals surface area contributed by atoms with Gasteiger partial charge in [0, 0.05) is 5.56 Å². The Morgan fingerprint density at radius 1 is 1.33 bits per heavy atom. The normalized spacial score (nSPS) is 12.4. The molecule has 0 saturated heterocycles. The maximum atomic E-state index is 5.64. The Morgan fingerprint density at radius 2 is 2.17 bits per heavy atom. The van der Waals surface area contributed by atoms with E-state index in [1.165, 1.54) is 0 Å². The van der Waals surface area contributed by atoms with Crippen LogP contribution in [0, 0.1) is 6.92 Å². The molecule has 0 aliphatic rings. The lowest BCUT2D eigenvalue weighted by Crippen LogP contribution is -2.28. The topological polar surface area (TPSA) is 60.4 Å². The average Bonchev–Trinajstić information content (AvgIpc) is 2.78. The van der Waals surface area contributed by atoms with Crippen molar-refractivity contribution in [2.45, 2.75) is 19.9 Å². The molecule has 1 atom stereocenters. The molecule has 0 saturated carbocycles. The molecule has 1 aromatic heterocycles. The first-order valence-electron chi connectivity index (χ1n) is 5.98. The number of hydrazine groups is 1. The highest BCUT2D eigenvalue weighted by molar-refractivity contribution is 5.36. The Balaban J connectivity index is 2.29. The van der Waals surface area contributed by atoms with Crippen LogP contribution in [0.3, 0.4) is 0 Å². The maximum absolute atomic E-state index is 5.64. The molecule has 1 unspecified atom stereocenters. The zero-order valence-corrected chi connectivity index (χ0v) is 10.6. The van der Waals surface area contributed by atoms with Crippen LogP contribution in [0.25, 0.3) is 0 Å². The number of ether oxygens (including phenoxy) is 1. The molecule has 0 bridgehead atoms. The molecule has 96 valence electrons. The summed E-state index contributed by atoms with van der Waals surface area (Å²) in [5.74, 6) is 7.35. The molecular formula is C14H18N2O2. The largest absolute Gasteiger partial charge is 0.494 e. The van der Waals surface area contributed by atoms with E-state index >= 15 is 0 Å². The number of nitrogens with one attached hydrogen (secondary N) is 1. The smallest absolute Gasteiger partial charge is 0.119 e. The number of nitrogens with two attached hydrogens (primary N) is 1. The van der Waals surface area contributed by atoms with E-state index < -0.39 is 0 Å². The maximum Gasteiger partial charge on any atom is 0.119 e. The Labute approximate surface area is 107 Å². The number of rotatable bonds is 5. The van der Waals surface area contributed by atoms with Gasteiger partial charge >= 0.3 is 0 Å². The van der Waals surface area contributed by atoms with Gasteiger partial charge in [-0.25, -0.2) is 5.43 Å². The van der Waals surface area contributed by atoms with Gasteiger partial charge in [-0.15, -0.1) is 0 Å². The van der Waals surface area contributed by atoms with Crippen molar-refractivity contribution in [3.05, 3.63) is 53.5 Å². The Bertz CT molecular complexity index is 508. The van der Waals surface area contributed by atoms with Crippen molar-refractivity contribution in [2.75, 3.05) is 6.61 Å². The fraction of sp³-hybridized carbons (Fsp3) is 0.286. The third kappa shape index (κ3) is 2.72. The summed E-state index contributed by atoms with van der Waals surface area (Å²) in [6.07, 6.45) is 1.72. The summed E-state index contributed by atoms with van der Waals surface area (Å²) in [5.41, 5.74) is 4.85. The predicted octanol–water partition coefficient (Wildman–Crippen LogP) is 2.54. The first-order valence-corrected chi connectivity index (χ1v) is 5.98. The van der Waals surface area contributed by atoms with E-state index in [9.17, 15) is 0 Å². The minimum atomic E-state index is -0.0946. The summed E-state index contributed by atoms with van der Waals surface area (Å²) in [7, 11) is 0. The van der Waals surface area contributed by atoms with Crippen molar-refractivity contribution in [1.29, 1.82) is 0 Å². The van der Waals surface area contributed by atoms with Gasteiger partial charge in [-0.3, -0.25) is 5.84 Å². The molecule has 4 nitrogen and oxygen atoms in total. The van der Waals surface area contributed by atoms with Crippen LogP contribution in [0.5, 0.6) is 5.75 Å². The third-order valence-corrected chi connectivity index (χ3v) is 2.75. The zero-order chi connectivity index (χ0) is 13.0. The summed E-state index contributed by atoms with van der Waals surface area (Å²) in [6, 6.07) is 9.76. The summed E-state index contributed by atoms with van der Waals surface area (Å²) in [6.45, 7) is 4.52. The van der Waals surface area contributed by atoms with Gasteiger partial charge in [0.2, 0.25) is 0 Å². The molecule has 4 heteroatoms. The summed E-state index contributed by atoms with van der Waals surface area (Å²) in [4.78, 5) is 0. The van der Waals surface area contributed by atoms with E-state index in [4.69, 9.17) is 15.0 Å². The van der Waals surface area contributed by atoms with Gasteiger partial charge in [0.15, 0.2) is 0 Å². The fourth-order valence-corrected chi connectivity index (χ4v) is 1.95. The lowest BCUT2D eigenvalue weighted by Gasteiger charge is -2.15. The Kier molecular flexibility index (Phi) is 4.02. The standard InChI is InChI=1S/C14H18N2O2/c1-3-17-13-6-4-5-11(8-13)14(16-15)12-7-10(2)18-9-12/h4-9,14,16H,3,15H2,1-2H3. The van der Waals surface area contributed by atoms with Crippen LogP contribution in [-0.4, -0.2) is 6.61 Å². The van der Waals surface area contributed by atoms with Crippen LogP contribution in [0.1, 0.15) is 29.9 Å². The van der Waals surface area contributed by atoms with Crippen LogP contribution < -0.4 is 16.0 Å². The first-order chi connectivity index (χ1) is 8.74. The molecule has 2 aromatic rings. The Hall–Kier alpha value is -1.78. The van der Waals surface area contributed by atoms with Crippen LogP contribution >= 0.6 is 0 Å². The van der Waals surface area contributed by atoms with Crippen molar-refractivity contribution in [3.63, 3.8) is 0 Å². The molecular weight excluding hydrogens is 228 g/mol. The predicted molar refractivity (Wildman–Crippen MR) is 70.2 cm³/mol. The SMILES string of the molecule is CCOc1cccc(C(NN)c2coc(C)c2)c1. The number of hydrogen-bond donors (Lipinski definition) is 2. The molecule has 0 fully saturated rings. The van der Waals surface area contributed by atoms with Gasteiger partial charge in [-0.2, -0.15) is 0 Å². The lowest BCUT2D eigenvalue weighted by molar-refractivity contribution is 0.339. The lowest BCUT2D eigenvalue weighted by atomic mass is 10.0. The van der Waals surface area contributed by atoms with E-state index in [-0.39, 0.29) is 6.04 Å². The van der Waals surface area contributed by atoms with Gasteiger partial charge in [0.05, 0.1) is 18.9 Å². The van der Waals surface area contributed by atoms with Crippen molar-refractivity contribution < 1.29 is 9.15 Å². The van der Waals surface area contributed by atoms with E-state index in [1.54, 1.807) is 6.26 Å². The van der Waals surface area contributed by atoms with Crippen LogP contribution in [0.2, 0.25) is 0 Å². The summed E-state index contributed by atoms with van der Waals surface area (Å²) >= 11 is 0. The van der Waals surface area contributed by atoms with E-state index in [0.29, 0.717) is 6.61 Å². The second-order valence-electron chi connectivity index (χ2n) is 4.10. The summed E-state index contributed by atoms with van der Waals surface area (Å²) in [5, 5.41) is 0. The molecule has 0 amide bonds. The quantitative estimate of drug-likeness (QED) is 0.628. The van der Waals surface area contributed by atoms with Crippen molar-refractivity contribution >= 4 is 0 Å². The molecule has 0 aliphatic carbocycles. The van der Waals surface area contributed by atoms with Gasteiger partial charge in [-0.05, 0) is 37.6 Å². The molecule has 1 heterocycles. The van der Waals surface area contributed by atoms with Crippen LogP contribution in [0.4, 0.5) is 0 Å². The molecule has 0 aliphatic heterocycles. The van der Waals surface area contributed by atoms with Crippen molar-refractivity contribution in [2.24, 2.45) is 5.84 Å². The molecule has 3 N–H and O–H groups in total. The molecule has 2 rings (SSSR count). The van der Waals surface area contributed by atoms with Gasteiger partial charge < -0.3 is 9.15 Å². The second-order valence-corrected chi connectivity index (χ2v) is 4.10. The van der Waals surface area contributed by atoms with E-state index in [2.05, 4.69) is 5.43 Å². The molecule has 1 aromatic carbocycles.